The lowest BCUT2D eigenvalue weighted by molar-refractivity contribution is -0.383. The zero-order chi connectivity index (χ0) is 13.3. The molecule has 5 heteroatoms. The molecule has 1 aliphatic carbocycles. The highest BCUT2D eigenvalue weighted by Gasteiger charge is 2.34. The molecular weight excluding hydrogens is 230 g/mol. The lowest BCUT2D eigenvalue weighted by atomic mass is 10.2. The average Bonchev–Trinajstić information content (AvgIpc) is 3.03. The third-order valence-electron chi connectivity index (χ3n) is 3.66. The monoisotopic (exact) mass is 249 g/mol. The van der Waals surface area contributed by atoms with E-state index in [-0.39, 0.29) is 10.6 Å². The highest BCUT2D eigenvalue weighted by Crippen LogP contribution is 2.41. The predicted octanol–water partition coefficient (Wildman–Crippen LogP) is 2.73. The molecule has 2 atom stereocenters. The van der Waals surface area contributed by atoms with Gasteiger partial charge in [0.15, 0.2) is 0 Å². The molecule has 18 heavy (non-hydrogen) atoms. The first-order valence-electron chi connectivity index (χ1n) is 6.21. The van der Waals surface area contributed by atoms with Crippen LogP contribution in [0.15, 0.2) is 18.2 Å². The van der Waals surface area contributed by atoms with Crippen molar-refractivity contribution in [3.63, 3.8) is 0 Å². The van der Waals surface area contributed by atoms with Crippen molar-refractivity contribution in [2.45, 2.75) is 13.3 Å². The van der Waals surface area contributed by atoms with E-state index in [9.17, 15) is 10.1 Å². The van der Waals surface area contributed by atoms with E-state index in [1.165, 1.54) is 6.42 Å². The van der Waals surface area contributed by atoms with Crippen LogP contribution in [-0.2, 0) is 0 Å². The Morgan fingerprint density at radius 3 is 2.72 bits per heavy atom. The summed E-state index contributed by atoms with van der Waals surface area (Å²) in [7, 11) is 3.63. The maximum Gasteiger partial charge on any atom is 0.315 e. The van der Waals surface area contributed by atoms with Gasteiger partial charge in [-0.3, -0.25) is 10.1 Å². The fourth-order valence-corrected chi connectivity index (χ4v) is 2.34. The predicted molar refractivity (Wildman–Crippen MR) is 73.2 cm³/mol. The summed E-state index contributed by atoms with van der Waals surface area (Å²) in [4.78, 5) is 12.9. The SMILES string of the molecule is CNc1cccc(N(C)CC2CC2C)c1[N+](=O)[O-]. The Balaban J connectivity index is 2.27. The molecule has 98 valence electrons. The molecule has 0 radical (unpaired) electrons. The number of rotatable bonds is 5. The van der Waals surface area contributed by atoms with Crippen LogP contribution in [0.2, 0.25) is 0 Å². The summed E-state index contributed by atoms with van der Waals surface area (Å²) in [6, 6.07) is 5.39. The first-order chi connectivity index (χ1) is 8.54. The van der Waals surface area contributed by atoms with Crippen molar-refractivity contribution >= 4 is 17.1 Å². The summed E-state index contributed by atoms with van der Waals surface area (Å²) < 4.78 is 0. The Labute approximate surface area is 107 Å². The highest BCUT2D eigenvalue weighted by molar-refractivity contribution is 5.76. The lowest BCUT2D eigenvalue weighted by Gasteiger charge is -2.20. The Kier molecular flexibility index (Phi) is 3.41. The van der Waals surface area contributed by atoms with Crippen LogP contribution in [-0.4, -0.2) is 25.6 Å². The maximum absolute atomic E-state index is 11.2. The number of nitro benzene ring substituents is 1. The number of hydrogen-bond acceptors (Lipinski definition) is 4. The number of benzene rings is 1. The Hall–Kier alpha value is -1.78. The molecule has 0 bridgehead atoms. The van der Waals surface area contributed by atoms with Crippen LogP contribution < -0.4 is 10.2 Å². The molecule has 2 unspecified atom stereocenters. The molecule has 0 heterocycles. The van der Waals surface area contributed by atoms with Crippen molar-refractivity contribution in [3.8, 4) is 0 Å². The quantitative estimate of drug-likeness (QED) is 0.644. The molecule has 5 nitrogen and oxygen atoms in total. The fraction of sp³-hybridized carbons (Fsp3) is 0.538. The van der Waals surface area contributed by atoms with Crippen molar-refractivity contribution in [2.75, 3.05) is 30.9 Å². The molecule has 1 aliphatic rings. The Morgan fingerprint density at radius 2 is 2.22 bits per heavy atom. The Morgan fingerprint density at radius 1 is 1.56 bits per heavy atom. The fourth-order valence-electron chi connectivity index (χ4n) is 2.34. The van der Waals surface area contributed by atoms with Crippen LogP contribution in [0.1, 0.15) is 13.3 Å². The smallest absolute Gasteiger partial charge is 0.315 e. The number of anilines is 2. The molecule has 1 N–H and O–H groups in total. The average molecular weight is 249 g/mol. The zero-order valence-corrected chi connectivity index (χ0v) is 11.0. The molecule has 1 saturated carbocycles. The van der Waals surface area contributed by atoms with Gasteiger partial charge in [-0.2, -0.15) is 0 Å². The van der Waals surface area contributed by atoms with Crippen molar-refractivity contribution in [1.82, 2.24) is 0 Å². The highest BCUT2D eigenvalue weighted by atomic mass is 16.6. The normalized spacial score (nSPS) is 21.5. The molecule has 1 aromatic carbocycles. The van der Waals surface area contributed by atoms with Crippen LogP contribution in [0, 0.1) is 22.0 Å². The van der Waals surface area contributed by atoms with Gasteiger partial charge in [0.2, 0.25) is 0 Å². The lowest BCUT2D eigenvalue weighted by Crippen LogP contribution is -2.21. The standard InChI is InChI=1S/C13H19N3O2/c1-9-7-10(9)8-15(3)12-6-4-5-11(14-2)13(12)16(17)18/h4-6,9-10,14H,7-8H2,1-3H3. The summed E-state index contributed by atoms with van der Waals surface area (Å²) in [5.74, 6) is 1.42. The first kappa shape index (κ1) is 12.7. The van der Waals surface area contributed by atoms with Crippen molar-refractivity contribution in [1.29, 1.82) is 0 Å². The second-order valence-corrected chi connectivity index (χ2v) is 5.03. The minimum atomic E-state index is -0.312. The van der Waals surface area contributed by atoms with Gasteiger partial charge in [-0.15, -0.1) is 0 Å². The molecule has 0 aromatic heterocycles. The van der Waals surface area contributed by atoms with Crippen molar-refractivity contribution in [3.05, 3.63) is 28.3 Å². The number of nitrogens with one attached hydrogen (secondary N) is 1. The zero-order valence-electron chi connectivity index (χ0n) is 11.0. The summed E-state index contributed by atoms with van der Waals surface area (Å²) in [5, 5.41) is 14.1. The van der Waals surface area contributed by atoms with Gasteiger partial charge in [-0.1, -0.05) is 13.0 Å². The van der Waals surface area contributed by atoms with Gasteiger partial charge in [0.25, 0.3) is 0 Å². The maximum atomic E-state index is 11.2. The van der Waals surface area contributed by atoms with Crippen LogP contribution in [0.25, 0.3) is 0 Å². The molecule has 2 rings (SSSR count). The summed E-state index contributed by atoms with van der Waals surface area (Å²) >= 11 is 0. The number of para-hydroxylation sites is 1. The van der Waals surface area contributed by atoms with E-state index in [0.29, 0.717) is 17.3 Å². The van der Waals surface area contributed by atoms with Crippen molar-refractivity contribution < 1.29 is 4.92 Å². The van der Waals surface area contributed by atoms with E-state index in [0.717, 1.165) is 12.5 Å². The molecule has 1 fully saturated rings. The van der Waals surface area contributed by atoms with E-state index in [1.54, 1.807) is 13.1 Å². The van der Waals surface area contributed by atoms with Gasteiger partial charge in [-0.25, -0.2) is 0 Å². The topological polar surface area (TPSA) is 58.4 Å². The van der Waals surface area contributed by atoms with Crippen LogP contribution in [0.5, 0.6) is 0 Å². The molecule has 0 saturated heterocycles. The second-order valence-electron chi connectivity index (χ2n) is 5.03. The third-order valence-corrected chi connectivity index (χ3v) is 3.66. The Bertz CT molecular complexity index is 462. The second kappa shape index (κ2) is 4.84. The van der Waals surface area contributed by atoms with E-state index in [1.807, 2.05) is 24.1 Å². The number of hydrogen-bond donors (Lipinski definition) is 1. The van der Waals surface area contributed by atoms with E-state index in [2.05, 4.69) is 12.2 Å². The molecule has 0 amide bonds. The summed E-state index contributed by atoms with van der Waals surface area (Å²) in [6.07, 6.45) is 1.23. The van der Waals surface area contributed by atoms with Crippen LogP contribution in [0.4, 0.5) is 17.1 Å². The largest absolute Gasteiger partial charge is 0.382 e. The molecule has 1 aromatic rings. The first-order valence-corrected chi connectivity index (χ1v) is 6.21. The van der Waals surface area contributed by atoms with Crippen LogP contribution >= 0.6 is 0 Å². The molecular formula is C13H19N3O2. The number of nitrogens with zero attached hydrogens (tertiary/aromatic N) is 2. The van der Waals surface area contributed by atoms with Gasteiger partial charge in [0, 0.05) is 20.6 Å². The minimum absolute atomic E-state index is 0.163. The van der Waals surface area contributed by atoms with E-state index in [4.69, 9.17) is 0 Å². The minimum Gasteiger partial charge on any atom is -0.382 e. The van der Waals surface area contributed by atoms with Crippen molar-refractivity contribution in [2.24, 2.45) is 11.8 Å². The van der Waals surface area contributed by atoms with E-state index < -0.39 is 0 Å². The molecule has 0 aliphatic heterocycles. The summed E-state index contributed by atoms with van der Waals surface area (Å²) in [6.45, 7) is 3.10. The summed E-state index contributed by atoms with van der Waals surface area (Å²) in [5.41, 5.74) is 1.41. The third kappa shape index (κ3) is 2.39. The van der Waals surface area contributed by atoms with Gasteiger partial charge in [0.05, 0.1) is 4.92 Å². The van der Waals surface area contributed by atoms with Crippen LogP contribution in [0.3, 0.4) is 0 Å². The number of nitro groups is 1. The van der Waals surface area contributed by atoms with E-state index >= 15 is 0 Å². The van der Waals surface area contributed by atoms with Gasteiger partial charge in [0.1, 0.15) is 11.4 Å². The van der Waals surface area contributed by atoms with Gasteiger partial charge >= 0.3 is 5.69 Å². The molecule has 0 spiro atoms. The van der Waals surface area contributed by atoms with Gasteiger partial charge < -0.3 is 10.2 Å². The van der Waals surface area contributed by atoms with Gasteiger partial charge in [-0.05, 0) is 30.4 Å².